The largest absolute Gasteiger partial charge is 0.396 e. The molecule has 1 saturated carbocycles. The van der Waals surface area contributed by atoms with Crippen molar-refractivity contribution in [1.29, 1.82) is 0 Å². The average Bonchev–Trinajstić information content (AvgIpc) is 2.39. The minimum Gasteiger partial charge on any atom is -0.396 e. The van der Waals surface area contributed by atoms with Crippen molar-refractivity contribution >= 4 is 5.82 Å². The monoisotopic (exact) mass is 254 g/mol. The fourth-order valence-corrected chi connectivity index (χ4v) is 2.43. The highest BCUT2D eigenvalue weighted by Crippen LogP contribution is 2.35. The summed E-state index contributed by atoms with van der Waals surface area (Å²) in [6.07, 6.45) is 5.27. The van der Waals surface area contributed by atoms with Gasteiger partial charge in [0.15, 0.2) is 0 Å². The highest BCUT2D eigenvalue weighted by Gasteiger charge is 2.31. The lowest BCUT2D eigenvalue weighted by atomic mass is 9.74. The molecular weight excluding hydrogens is 236 g/mol. The second-order valence-electron chi connectivity index (χ2n) is 4.93. The first-order valence-corrected chi connectivity index (χ1v) is 6.19. The molecule has 18 heavy (non-hydrogen) atoms. The minimum atomic E-state index is -0.625. The van der Waals surface area contributed by atoms with Crippen molar-refractivity contribution in [1.82, 2.24) is 15.2 Å². The second kappa shape index (κ2) is 5.34. The molecule has 0 saturated heterocycles. The van der Waals surface area contributed by atoms with Crippen molar-refractivity contribution in [3.05, 3.63) is 20.8 Å². The summed E-state index contributed by atoms with van der Waals surface area (Å²) in [4.78, 5) is 24.4. The van der Waals surface area contributed by atoms with E-state index in [1.54, 1.807) is 0 Å². The molecule has 0 atom stereocenters. The Kier molecular flexibility index (Phi) is 3.81. The van der Waals surface area contributed by atoms with E-state index in [4.69, 9.17) is 0 Å². The van der Waals surface area contributed by atoms with Crippen molar-refractivity contribution in [3.8, 4) is 0 Å². The van der Waals surface area contributed by atoms with Gasteiger partial charge in [-0.2, -0.15) is 0 Å². The van der Waals surface area contributed by atoms with E-state index in [9.17, 15) is 14.7 Å². The van der Waals surface area contributed by atoms with Crippen molar-refractivity contribution in [2.24, 2.45) is 5.41 Å². The van der Waals surface area contributed by atoms with E-state index in [1.807, 2.05) is 0 Å². The Balaban J connectivity index is 2.05. The number of aromatic nitrogens is 3. The number of nitrogens with zero attached hydrogens (tertiary/aromatic N) is 1. The molecule has 1 fully saturated rings. The molecule has 0 radical (unpaired) electrons. The molecule has 100 valence electrons. The topological polar surface area (TPSA) is 111 Å². The summed E-state index contributed by atoms with van der Waals surface area (Å²) in [5.74, 6) is 0.0907. The molecule has 0 bridgehead atoms. The molecule has 1 aliphatic carbocycles. The van der Waals surface area contributed by atoms with Gasteiger partial charge in [-0.1, -0.05) is 19.3 Å². The van der Waals surface area contributed by atoms with Crippen LogP contribution in [0.4, 0.5) is 5.82 Å². The SMILES string of the molecule is O=c1[nH]nc(NCC2(CO)CCCCC2)c(=O)[nH]1. The van der Waals surface area contributed by atoms with Crippen LogP contribution < -0.4 is 16.6 Å². The first kappa shape index (κ1) is 12.8. The zero-order valence-corrected chi connectivity index (χ0v) is 10.2. The molecule has 2 rings (SSSR count). The van der Waals surface area contributed by atoms with Crippen LogP contribution in [-0.4, -0.2) is 33.4 Å². The zero-order valence-electron chi connectivity index (χ0n) is 10.2. The van der Waals surface area contributed by atoms with E-state index >= 15 is 0 Å². The number of H-pyrrole nitrogens is 2. The van der Waals surface area contributed by atoms with Crippen LogP contribution in [-0.2, 0) is 0 Å². The first-order chi connectivity index (χ1) is 8.65. The summed E-state index contributed by atoms with van der Waals surface area (Å²) in [6.45, 7) is 0.590. The Morgan fingerprint density at radius 2 is 2.00 bits per heavy atom. The predicted molar refractivity (Wildman–Crippen MR) is 66.6 cm³/mol. The van der Waals surface area contributed by atoms with Gasteiger partial charge in [-0.25, -0.2) is 9.89 Å². The van der Waals surface area contributed by atoms with Gasteiger partial charge in [-0.3, -0.25) is 9.78 Å². The molecule has 0 amide bonds. The maximum absolute atomic E-state index is 11.4. The van der Waals surface area contributed by atoms with Crippen LogP contribution in [0, 0.1) is 5.41 Å². The lowest BCUT2D eigenvalue weighted by Crippen LogP contribution is -2.37. The minimum absolute atomic E-state index is 0.0907. The molecule has 0 spiro atoms. The van der Waals surface area contributed by atoms with Gasteiger partial charge in [0.25, 0.3) is 5.56 Å². The number of aliphatic hydroxyl groups excluding tert-OH is 1. The maximum atomic E-state index is 11.4. The quantitative estimate of drug-likeness (QED) is 0.595. The van der Waals surface area contributed by atoms with Crippen LogP contribution in [0.1, 0.15) is 32.1 Å². The van der Waals surface area contributed by atoms with E-state index in [0.717, 1.165) is 25.7 Å². The summed E-state index contributed by atoms with van der Waals surface area (Å²) in [7, 11) is 0. The average molecular weight is 254 g/mol. The normalized spacial score (nSPS) is 18.5. The van der Waals surface area contributed by atoms with Gasteiger partial charge in [0, 0.05) is 12.0 Å². The number of aliphatic hydroxyl groups is 1. The fraction of sp³-hybridized carbons (Fsp3) is 0.727. The third-order valence-electron chi connectivity index (χ3n) is 3.59. The van der Waals surface area contributed by atoms with Crippen molar-refractivity contribution in [2.45, 2.75) is 32.1 Å². The number of rotatable bonds is 4. The number of hydrogen-bond donors (Lipinski definition) is 4. The number of anilines is 1. The van der Waals surface area contributed by atoms with E-state index in [0.29, 0.717) is 6.54 Å². The Bertz CT molecular complexity index is 502. The number of nitrogens with one attached hydrogen (secondary N) is 3. The van der Waals surface area contributed by atoms with Crippen LogP contribution in [0.5, 0.6) is 0 Å². The lowest BCUT2D eigenvalue weighted by Gasteiger charge is -2.35. The molecule has 7 nitrogen and oxygen atoms in total. The van der Waals surface area contributed by atoms with Crippen LogP contribution in [0.2, 0.25) is 0 Å². The van der Waals surface area contributed by atoms with Crippen molar-refractivity contribution in [2.75, 3.05) is 18.5 Å². The Morgan fingerprint density at radius 1 is 1.28 bits per heavy atom. The van der Waals surface area contributed by atoms with Gasteiger partial charge in [0.1, 0.15) is 0 Å². The van der Waals surface area contributed by atoms with Gasteiger partial charge < -0.3 is 10.4 Å². The molecule has 0 unspecified atom stereocenters. The second-order valence-corrected chi connectivity index (χ2v) is 4.93. The molecule has 0 aromatic carbocycles. The summed E-state index contributed by atoms with van der Waals surface area (Å²) >= 11 is 0. The van der Waals surface area contributed by atoms with Crippen LogP contribution >= 0.6 is 0 Å². The molecule has 1 heterocycles. The van der Waals surface area contributed by atoms with Crippen molar-refractivity contribution in [3.63, 3.8) is 0 Å². The molecule has 1 aliphatic rings. The van der Waals surface area contributed by atoms with Gasteiger partial charge in [0.2, 0.25) is 5.82 Å². The van der Waals surface area contributed by atoms with E-state index in [-0.39, 0.29) is 17.8 Å². The van der Waals surface area contributed by atoms with E-state index in [2.05, 4.69) is 20.5 Å². The van der Waals surface area contributed by atoms with E-state index in [1.165, 1.54) is 6.42 Å². The van der Waals surface area contributed by atoms with Crippen LogP contribution in [0.3, 0.4) is 0 Å². The summed E-state index contributed by atoms with van der Waals surface area (Å²) in [5.41, 5.74) is -1.34. The summed E-state index contributed by atoms with van der Waals surface area (Å²) < 4.78 is 0. The standard InChI is InChI=1S/C11H18N4O3/c16-7-11(4-2-1-3-5-11)6-12-8-9(17)13-10(18)15-14-8/h16H,1-7H2,(H,12,14)(H2,13,15,17,18). The van der Waals surface area contributed by atoms with Gasteiger partial charge in [0.05, 0.1) is 6.61 Å². The summed E-state index contributed by atoms with van der Waals surface area (Å²) in [6, 6.07) is 0. The van der Waals surface area contributed by atoms with Gasteiger partial charge in [-0.15, -0.1) is 5.10 Å². The maximum Gasteiger partial charge on any atom is 0.342 e. The zero-order chi connectivity index (χ0) is 13.0. The first-order valence-electron chi connectivity index (χ1n) is 6.19. The number of aromatic amines is 2. The summed E-state index contributed by atoms with van der Waals surface area (Å²) in [5, 5.41) is 18.3. The van der Waals surface area contributed by atoms with Gasteiger partial charge >= 0.3 is 5.69 Å². The molecule has 4 N–H and O–H groups in total. The van der Waals surface area contributed by atoms with Gasteiger partial charge in [-0.05, 0) is 12.8 Å². The Labute approximate surface area is 104 Å². The molecule has 7 heteroatoms. The Morgan fingerprint density at radius 3 is 2.61 bits per heavy atom. The third kappa shape index (κ3) is 2.79. The molecular formula is C11H18N4O3. The Hall–Kier alpha value is -1.63. The number of hydrogen-bond acceptors (Lipinski definition) is 5. The lowest BCUT2D eigenvalue weighted by molar-refractivity contribution is 0.0943. The van der Waals surface area contributed by atoms with E-state index < -0.39 is 11.2 Å². The van der Waals surface area contributed by atoms with Crippen LogP contribution in [0.25, 0.3) is 0 Å². The predicted octanol–water partition coefficient (Wildman–Crippen LogP) is -0.187. The molecule has 0 aliphatic heterocycles. The fourth-order valence-electron chi connectivity index (χ4n) is 2.43. The van der Waals surface area contributed by atoms with Crippen molar-refractivity contribution < 1.29 is 5.11 Å². The van der Waals surface area contributed by atoms with Crippen LogP contribution in [0.15, 0.2) is 9.59 Å². The highest BCUT2D eigenvalue weighted by atomic mass is 16.3. The highest BCUT2D eigenvalue weighted by molar-refractivity contribution is 5.29. The molecule has 1 aromatic heterocycles. The third-order valence-corrected chi connectivity index (χ3v) is 3.59. The smallest absolute Gasteiger partial charge is 0.342 e. The molecule has 1 aromatic rings.